The van der Waals surface area contributed by atoms with Gasteiger partial charge in [-0.2, -0.15) is 0 Å². The number of anilines is 5. The summed E-state index contributed by atoms with van der Waals surface area (Å²) in [6.45, 7) is 0. The van der Waals surface area contributed by atoms with Crippen LogP contribution in [0.1, 0.15) is 11.3 Å². The number of hydrogen-bond acceptors (Lipinski definition) is 2. The van der Waals surface area contributed by atoms with Crippen molar-refractivity contribution >= 4 is 67.2 Å². The molecule has 0 fully saturated rings. The van der Waals surface area contributed by atoms with E-state index in [0.717, 1.165) is 51.7 Å². The second-order valence-electron chi connectivity index (χ2n) is 19.7. The minimum atomic E-state index is 0.0687. The first-order valence-electron chi connectivity index (χ1n) is 26.3. The van der Waals surface area contributed by atoms with E-state index < -0.39 is 0 Å². The fourth-order valence-corrected chi connectivity index (χ4v) is 11.7. The fourth-order valence-electron chi connectivity index (χ4n) is 11.7. The lowest BCUT2D eigenvalue weighted by Crippen LogP contribution is -2.33. The van der Waals surface area contributed by atoms with E-state index in [1.807, 2.05) is 0 Å². The number of rotatable bonds is 11. The molecule has 360 valence electrons. The maximum atomic E-state index is 2.53. The second-order valence-corrected chi connectivity index (χ2v) is 19.7. The van der Waals surface area contributed by atoms with Crippen molar-refractivity contribution in [1.29, 1.82) is 0 Å². The molecule has 1 aliphatic rings. The summed E-state index contributed by atoms with van der Waals surface area (Å²) in [7, 11) is 0. The Hall–Kier alpha value is -9.90. The molecule has 1 unspecified atom stereocenters. The number of para-hydroxylation sites is 4. The number of hydrogen-bond donors (Lipinski definition) is 0. The minimum absolute atomic E-state index is 0.0687. The molecule has 11 aromatic carbocycles. The van der Waals surface area contributed by atoms with Crippen LogP contribution < -0.4 is 9.80 Å². The molecule has 1 aliphatic carbocycles. The fraction of sp³-hybridized carbons (Fsp3) is 0.0278. The molecule has 0 aliphatic heterocycles. The zero-order valence-electron chi connectivity index (χ0n) is 41.9. The van der Waals surface area contributed by atoms with Gasteiger partial charge >= 0.3 is 0 Å². The summed E-state index contributed by atoms with van der Waals surface area (Å²) < 4.78 is 4.80. The van der Waals surface area contributed by atoms with Crippen LogP contribution in [0.3, 0.4) is 0 Å². The summed E-state index contributed by atoms with van der Waals surface area (Å²) >= 11 is 0. The first kappa shape index (κ1) is 44.8. The molecule has 2 aromatic heterocycles. The van der Waals surface area contributed by atoms with E-state index in [0.29, 0.717) is 0 Å². The molecule has 0 saturated carbocycles. The van der Waals surface area contributed by atoms with Gasteiger partial charge in [-0.3, -0.25) is 0 Å². The highest BCUT2D eigenvalue weighted by molar-refractivity contribution is 6.10. The lowest BCUT2D eigenvalue weighted by atomic mass is 9.94. The Labute approximate surface area is 443 Å². The second kappa shape index (κ2) is 19.2. The summed E-state index contributed by atoms with van der Waals surface area (Å²) in [5, 5.41) is 3.73. The van der Waals surface area contributed by atoms with Gasteiger partial charge in [0.05, 0.1) is 22.6 Å². The van der Waals surface area contributed by atoms with Crippen LogP contribution in [0.4, 0.5) is 28.4 Å². The van der Waals surface area contributed by atoms with Crippen molar-refractivity contribution in [3.63, 3.8) is 0 Å². The quantitative estimate of drug-likeness (QED) is 0.128. The van der Waals surface area contributed by atoms with Gasteiger partial charge in [0.15, 0.2) is 0 Å². The normalized spacial score (nSPS) is 13.0. The number of fused-ring (bicyclic) bond motifs is 6. The Bertz CT molecular complexity index is 4230. The van der Waals surface area contributed by atoms with E-state index in [-0.39, 0.29) is 6.04 Å². The summed E-state index contributed by atoms with van der Waals surface area (Å²) in [6.07, 6.45) is 5.61. The van der Waals surface area contributed by atoms with Crippen molar-refractivity contribution < 1.29 is 0 Å². The highest BCUT2D eigenvalue weighted by Crippen LogP contribution is 2.43. The lowest BCUT2D eigenvalue weighted by molar-refractivity contribution is 0.766. The number of benzene rings is 11. The minimum Gasteiger partial charge on any atom is -0.334 e. The van der Waals surface area contributed by atoms with Crippen LogP contribution in [0.2, 0.25) is 0 Å². The molecule has 4 nitrogen and oxygen atoms in total. The Balaban J connectivity index is 0.839. The zero-order valence-corrected chi connectivity index (χ0v) is 41.9. The molecule has 0 N–H and O–H groups in total. The molecular formula is C72H52N4. The zero-order chi connectivity index (χ0) is 50.4. The van der Waals surface area contributed by atoms with Gasteiger partial charge in [0.2, 0.25) is 0 Å². The van der Waals surface area contributed by atoms with Gasteiger partial charge in [0.1, 0.15) is 0 Å². The molecule has 76 heavy (non-hydrogen) atoms. The lowest BCUT2D eigenvalue weighted by Gasteiger charge is -2.34. The molecule has 2 heterocycles. The summed E-state index contributed by atoms with van der Waals surface area (Å²) in [5.74, 6) is 0. The van der Waals surface area contributed by atoms with E-state index in [1.54, 1.807) is 0 Å². The largest absolute Gasteiger partial charge is 0.334 e. The van der Waals surface area contributed by atoms with Crippen molar-refractivity contribution in [2.24, 2.45) is 0 Å². The average molecular weight is 973 g/mol. The molecule has 0 spiro atoms. The van der Waals surface area contributed by atoms with Gasteiger partial charge < -0.3 is 18.9 Å². The van der Waals surface area contributed by atoms with Gasteiger partial charge in [0.25, 0.3) is 0 Å². The van der Waals surface area contributed by atoms with E-state index >= 15 is 0 Å². The molecular weight excluding hydrogens is 921 g/mol. The van der Waals surface area contributed by atoms with Gasteiger partial charge in [-0.15, -0.1) is 0 Å². The number of aromatic nitrogens is 2. The van der Waals surface area contributed by atoms with Gasteiger partial charge in [-0.1, -0.05) is 188 Å². The Morgan fingerprint density at radius 1 is 0.303 bits per heavy atom. The Morgan fingerprint density at radius 2 is 0.750 bits per heavy atom. The van der Waals surface area contributed by atoms with Crippen LogP contribution in [0.5, 0.6) is 0 Å². The van der Waals surface area contributed by atoms with Crippen LogP contribution in [-0.4, -0.2) is 15.2 Å². The monoisotopic (exact) mass is 972 g/mol. The Kier molecular flexibility index (Phi) is 11.3. The number of nitrogens with zero attached hydrogens (tertiary/aromatic N) is 4. The van der Waals surface area contributed by atoms with Crippen LogP contribution in [0.15, 0.2) is 291 Å². The molecule has 1 atom stereocenters. The van der Waals surface area contributed by atoms with Crippen LogP contribution in [-0.2, 0) is 6.42 Å². The van der Waals surface area contributed by atoms with Crippen LogP contribution >= 0.6 is 0 Å². The highest BCUT2D eigenvalue weighted by atomic mass is 15.2. The van der Waals surface area contributed by atoms with Gasteiger partial charge in [-0.05, 0) is 155 Å². The van der Waals surface area contributed by atoms with Crippen molar-refractivity contribution in [3.8, 4) is 44.8 Å². The molecule has 0 saturated heterocycles. The summed E-state index contributed by atoms with van der Waals surface area (Å²) in [6, 6.07) is 104. The maximum Gasteiger partial charge on any atom is 0.0567 e. The summed E-state index contributed by atoms with van der Waals surface area (Å²) in [5.41, 5.74) is 21.2. The molecule has 13 aromatic rings. The first-order valence-corrected chi connectivity index (χ1v) is 26.3. The molecule has 0 amide bonds. The molecule has 0 radical (unpaired) electrons. The van der Waals surface area contributed by atoms with Crippen molar-refractivity contribution in [2.45, 2.75) is 12.5 Å². The van der Waals surface area contributed by atoms with E-state index in [1.165, 1.54) is 71.9 Å². The Morgan fingerprint density at radius 3 is 1.38 bits per heavy atom. The van der Waals surface area contributed by atoms with Crippen molar-refractivity contribution in [3.05, 3.63) is 302 Å². The van der Waals surface area contributed by atoms with Gasteiger partial charge in [0, 0.05) is 61.7 Å². The van der Waals surface area contributed by atoms with E-state index in [9.17, 15) is 0 Å². The topological polar surface area (TPSA) is 16.3 Å². The SMILES string of the molecule is C1=CC(N(c2ccc(-c3ccc(N(c4cccc(-c5ccccc5)c4)c4ccc5c(c4)c4ccccc4n5-c4ccccc4)cc3)cc2)c2cccc(-c3ccccc3)c2)Cc2c1n(-c1ccccc1)c1ccccc21. The smallest absolute Gasteiger partial charge is 0.0567 e. The molecule has 4 heteroatoms. The van der Waals surface area contributed by atoms with Crippen LogP contribution in [0, 0.1) is 0 Å². The van der Waals surface area contributed by atoms with E-state index in [4.69, 9.17) is 0 Å². The predicted octanol–water partition coefficient (Wildman–Crippen LogP) is 19.0. The summed E-state index contributed by atoms with van der Waals surface area (Å²) in [4.78, 5) is 4.93. The maximum absolute atomic E-state index is 2.53. The first-order chi connectivity index (χ1) is 37.7. The van der Waals surface area contributed by atoms with Gasteiger partial charge in [-0.25, -0.2) is 0 Å². The molecule has 0 bridgehead atoms. The van der Waals surface area contributed by atoms with Crippen molar-refractivity contribution in [2.75, 3.05) is 9.80 Å². The third-order valence-corrected chi connectivity index (χ3v) is 15.2. The van der Waals surface area contributed by atoms with Crippen molar-refractivity contribution in [1.82, 2.24) is 9.13 Å². The average Bonchev–Trinajstić information content (AvgIpc) is 4.08. The third-order valence-electron chi connectivity index (χ3n) is 15.2. The third kappa shape index (κ3) is 8.05. The predicted molar refractivity (Wildman–Crippen MR) is 320 cm³/mol. The standard InChI is InChI=1S/C72H52N4/c1-5-19-51(20-6-1)55-23-17-29-61(47-55)73(63-43-45-71-67(49-63)65-31-13-15-33-69(65)75(71)57-25-9-3-10-26-57)59-39-35-53(36-40-59)54-37-41-60(42-38-54)74(62-30-18-24-56(48-62)52-21-7-2-8-22-52)64-44-46-72-68(50-64)66-32-14-16-34-70(66)76(72)58-27-11-4-12-28-58/h1-49,64H,50H2. The van der Waals surface area contributed by atoms with Crippen LogP contribution in [0.25, 0.3) is 83.5 Å². The van der Waals surface area contributed by atoms with E-state index in [2.05, 4.69) is 316 Å². The molecule has 14 rings (SSSR count). The highest BCUT2D eigenvalue weighted by Gasteiger charge is 2.28.